The van der Waals surface area contributed by atoms with Crippen LogP contribution in [0.15, 0.2) is 24.3 Å². The summed E-state index contributed by atoms with van der Waals surface area (Å²) in [6.45, 7) is 10.7. The minimum absolute atomic E-state index is 0.202. The molecular weight excluding hydrogens is 270 g/mol. The Balaban J connectivity index is 1.81. The van der Waals surface area contributed by atoms with E-state index in [-0.39, 0.29) is 5.41 Å². The van der Waals surface area contributed by atoms with Crippen LogP contribution in [-0.4, -0.2) is 18.8 Å². The Kier molecular flexibility index (Phi) is 5.11. The van der Waals surface area contributed by atoms with E-state index >= 15 is 0 Å². The lowest BCUT2D eigenvalue weighted by molar-refractivity contribution is -0.124. The fourth-order valence-corrected chi connectivity index (χ4v) is 2.92. The molecule has 2 nitrogen and oxygen atoms in total. The van der Waals surface area contributed by atoms with E-state index in [1.165, 1.54) is 5.56 Å². The third-order valence-electron chi connectivity index (χ3n) is 4.25. The molecule has 1 aliphatic rings. The van der Waals surface area contributed by atoms with E-state index in [4.69, 9.17) is 16.3 Å². The number of hydrogen-bond acceptors (Lipinski definition) is 2. The summed E-state index contributed by atoms with van der Waals surface area (Å²) < 4.78 is 5.99. The third-order valence-corrected chi connectivity index (χ3v) is 4.49. The lowest BCUT2D eigenvalue weighted by atomic mass is 9.64. The molecule has 112 valence electrons. The highest BCUT2D eigenvalue weighted by molar-refractivity contribution is 6.30. The van der Waals surface area contributed by atoms with Crippen molar-refractivity contribution in [1.29, 1.82) is 0 Å². The fourth-order valence-electron chi connectivity index (χ4n) is 2.71. The van der Waals surface area contributed by atoms with Crippen molar-refractivity contribution in [3.8, 4) is 0 Å². The van der Waals surface area contributed by atoms with E-state index in [0.717, 1.165) is 24.6 Å². The van der Waals surface area contributed by atoms with Gasteiger partial charge in [0.2, 0.25) is 0 Å². The summed E-state index contributed by atoms with van der Waals surface area (Å²) in [6.07, 6.45) is 1.47. The Labute approximate surface area is 127 Å². The average molecular weight is 296 g/mol. The minimum atomic E-state index is 0.202. The lowest BCUT2D eigenvalue weighted by Crippen LogP contribution is -2.60. The summed E-state index contributed by atoms with van der Waals surface area (Å²) in [5, 5.41) is 4.43. The molecule has 1 aromatic rings. The average Bonchev–Trinajstić information content (AvgIpc) is 2.36. The monoisotopic (exact) mass is 295 g/mol. The van der Waals surface area contributed by atoms with Crippen molar-refractivity contribution in [3.63, 3.8) is 0 Å². The molecule has 2 rings (SSSR count). The van der Waals surface area contributed by atoms with Gasteiger partial charge in [-0.1, -0.05) is 51.4 Å². The van der Waals surface area contributed by atoms with Crippen LogP contribution in [0.25, 0.3) is 0 Å². The van der Waals surface area contributed by atoms with Gasteiger partial charge in [0.05, 0.1) is 6.10 Å². The summed E-state index contributed by atoms with van der Waals surface area (Å²) >= 11 is 6.01. The van der Waals surface area contributed by atoms with Gasteiger partial charge >= 0.3 is 0 Å². The molecule has 1 N–H and O–H groups in total. The zero-order valence-electron chi connectivity index (χ0n) is 12.9. The van der Waals surface area contributed by atoms with Crippen LogP contribution in [0, 0.1) is 11.3 Å². The zero-order valence-corrected chi connectivity index (χ0v) is 13.7. The van der Waals surface area contributed by atoms with Crippen LogP contribution in [0.2, 0.25) is 5.02 Å². The van der Waals surface area contributed by atoms with Crippen molar-refractivity contribution in [2.45, 2.75) is 52.8 Å². The largest absolute Gasteiger partial charge is 0.377 e. The van der Waals surface area contributed by atoms with Crippen LogP contribution >= 0.6 is 11.6 Å². The van der Waals surface area contributed by atoms with Gasteiger partial charge in [-0.05, 0) is 30.0 Å². The molecule has 0 bridgehead atoms. The second-order valence-electron chi connectivity index (χ2n) is 6.84. The Morgan fingerprint density at radius 1 is 1.40 bits per heavy atom. The molecule has 1 aliphatic carbocycles. The predicted octanol–water partition coefficient (Wildman–Crippen LogP) is 4.27. The Morgan fingerprint density at radius 3 is 2.75 bits per heavy atom. The Morgan fingerprint density at radius 2 is 2.15 bits per heavy atom. The highest BCUT2D eigenvalue weighted by Gasteiger charge is 2.48. The van der Waals surface area contributed by atoms with Gasteiger partial charge in [0.15, 0.2) is 0 Å². The van der Waals surface area contributed by atoms with Crippen LogP contribution in [-0.2, 0) is 11.3 Å². The molecule has 0 saturated heterocycles. The molecule has 0 amide bonds. The molecular formula is C17H26ClNO. The molecule has 0 radical (unpaired) electrons. The predicted molar refractivity (Wildman–Crippen MR) is 85.1 cm³/mol. The molecule has 0 aliphatic heterocycles. The van der Waals surface area contributed by atoms with E-state index < -0.39 is 0 Å². The maximum atomic E-state index is 6.01. The van der Waals surface area contributed by atoms with Crippen molar-refractivity contribution in [2.24, 2.45) is 11.3 Å². The smallest absolute Gasteiger partial charge is 0.0656 e. The molecule has 1 fully saturated rings. The van der Waals surface area contributed by atoms with Crippen LogP contribution in [0.3, 0.4) is 0 Å². The molecule has 0 spiro atoms. The number of benzene rings is 1. The van der Waals surface area contributed by atoms with Crippen molar-refractivity contribution in [3.05, 3.63) is 34.9 Å². The standard InChI is InChI=1S/C17H26ClNO/c1-12(2)11-20-16-9-15(17(16,3)4)19-10-13-6-5-7-14(18)8-13/h5-8,12,15-16,19H,9-11H2,1-4H3. The van der Waals surface area contributed by atoms with Crippen molar-refractivity contribution >= 4 is 11.6 Å². The van der Waals surface area contributed by atoms with Crippen molar-refractivity contribution in [1.82, 2.24) is 5.32 Å². The normalized spacial score (nSPS) is 24.7. The molecule has 0 aromatic heterocycles. The first-order valence-corrected chi connectivity index (χ1v) is 7.87. The molecule has 20 heavy (non-hydrogen) atoms. The lowest BCUT2D eigenvalue weighted by Gasteiger charge is -2.52. The van der Waals surface area contributed by atoms with Crippen LogP contribution in [0.5, 0.6) is 0 Å². The Hall–Kier alpha value is -0.570. The zero-order chi connectivity index (χ0) is 14.8. The molecule has 3 heteroatoms. The summed E-state index contributed by atoms with van der Waals surface area (Å²) in [4.78, 5) is 0. The molecule has 0 heterocycles. The first-order chi connectivity index (χ1) is 9.39. The van der Waals surface area contributed by atoms with Gasteiger partial charge in [-0.15, -0.1) is 0 Å². The minimum Gasteiger partial charge on any atom is -0.377 e. The van der Waals surface area contributed by atoms with E-state index in [2.05, 4.69) is 39.1 Å². The first kappa shape index (κ1) is 15.8. The summed E-state index contributed by atoms with van der Waals surface area (Å²) in [5.41, 5.74) is 1.44. The molecule has 1 aromatic carbocycles. The summed E-state index contributed by atoms with van der Waals surface area (Å²) in [7, 11) is 0. The van der Waals surface area contributed by atoms with Gasteiger partial charge in [-0.2, -0.15) is 0 Å². The van der Waals surface area contributed by atoms with Crippen molar-refractivity contribution < 1.29 is 4.74 Å². The first-order valence-electron chi connectivity index (χ1n) is 7.49. The van der Waals surface area contributed by atoms with Gasteiger partial charge < -0.3 is 10.1 Å². The van der Waals surface area contributed by atoms with Gasteiger partial charge in [0, 0.05) is 29.6 Å². The molecule has 1 saturated carbocycles. The van der Waals surface area contributed by atoms with Gasteiger partial charge in [0.1, 0.15) is 0 Å². The van der Waals surface area contributed by atoms with E-state index in [1.807, 2.05) is 18.2 Å². The second kappa shape index (κ2) is 6.46. The summed E-state index contributed by atoms with van der Waals surface area (Å²) in [5.74, 6) is 0.601. The Bertz CT molecular complexity index is 444. The van der Waals surface area contributed by atoms with Crippen LogP contribution in [0.1, 0.15) is 39.7 Å². The number of nitrogens with one attached hydrogen (secondary N) is 1. The van der Waals surface area contributed by atoms with E-state index in [0.29, 0.717) is 18.1 Å². The van der Waals surface area contributed by atoms with Gasteiger partial charge in [0.25, 0.3) is 0 Å². The van der Waals surface area contributed by atoms with Gasteiger partial charge in [-0.25, -0.2) is 0 Å². The highest BCUT2D eigenvalue weighted by Crippen LogP contribution is 2.43. The van der Waals surface area contributed by atoms with E-state index in [1.54, 1.807) is 0 Å². The van der Waals surface area contributed by atoms with Gasteiger partial charge in [-0.3, -0.25) is 0 Å². The second-order valence-corrected chi connectivity index (χ2v) is 7.27. The van der Waals surface area contributed by atoms with Crippen LogP contribution in [0.4, 0.5) is 0 Å². The fraction of sp³-hybridized carbons (Fsp3) is 0.647. The highest BCUT2D eigenvalue weighted by atomic mass is 35.5. The molecule has 2 atom stereocenters. The number of halogens is 1. The maximum absolute atomic E-state index is 6.01. The number of rotatable bonds is 6. The third kappa shape index (κ3) is 3.75. The van der Waals surface area contributed by atoms with E-state index in [9.17, 15) is 0 Å². The number of hydrogen-bond donors (Lipinski definition) is 1. The number of ether oxygens (including phenoxy) is 1. The SMILES string of the molecule is CC(C)COC1CC(NCc2cccc(Cl)c2)C1(C)C. The quantitative estimate of drug-likeness (QED) is 0.846. The maximum Gasteiger partial charge on any atom is 0.0656 e. The topological polar surface area (TPSA) is 21.3 Å². The van der Waals surface area contributed by atoms with Crippen LogP contribution < -0.4 is 5.32 Å². The molecule has 2 unspecified atom stereocenters. The summed E-state index contributed by atoms with van der Waals surface area (Å²) in [6, 6.07) is 8.55. The van der Waals surface area contributed by atoms with Crippen molar-refractivity contribution in [2.75, 3.05) is 6.61 Å².